The molecule has 0 aromatic heterocycles. The highest BCUT2D eigenvalue weighted by molar-refractivity contribution is 6.04. The first-order chi connectivity index (χ1) is 11.5. The van der Waals surface area contributed by atoms with E-state index in [-0.39, 0.29) is 17.2 Å². The normalized spacial score (nSPS) is 10.3. The Morgan fingerprint density at radius 3 is 2.50 bits per heavy atom. The third-order valence-electron chi connectivity index (χ3n) is 3.90. The summed E-state index contributed by atoms with van der Waals surface area (Å²) in [5.74, 6) is -0.366. The molecule has 0 aliphatic heterocycles. The van der Waals surface area contributed by atoms with Crippen LogP contribution in [-0.2, 0) is 0 Å². The molecule has 1 N–H and O–H groups in total. The molecule has 1 amide bonds. The van der Waals surface area contributed by atoms with E-state index in [1.165, 1.54) is 6.07 Å². The summed E-state index contributed by atoms with van der Waals surface area (Å²) in [5.41, 5.74) is 2.42. The maximum Gasteiger partial charge on any atom is 0.273 e. The lowest BCUT2D eigenvalue weighted by Gasteiger charge is -2.21. The maximum absolute atomic E-state index is 12.4. The lowest BCUT2D eigenvalue weighted by Crippen LogP contribution is -2.22. The molecule has 2 aromatic rings. The molecule has 6 nitrogen and oxygen atoms in total. The van der Waals surface area contributed by atoms with E-state index in [0.29, 0.717) is 11.3 Å². The van der Waals surface area contributed by atoms with Crippen LogP contribution in [0, 0.1) is 17.0 Å². The summed E-state index contributed by atoms with van der Waals surface area (Å²) < 4.78 is 0. The fourth-order valence-electron chi connectivity index (χ4n) is 2.52. The summed E-state index contributed by atoms with van der Waals surface area (Å²) in [5, 5.41) is 13.8. The highest BCUT2D eigenvalue weighted by Crippen LogP contribution is 2.22. The Labute approximate surface area is 141 Å². The Kier molecular flexibility index (Phi) is 5.52. The smallest absolute Gasteiger partial charge is 0.273 e. The van der Waals surface area contributed by atoms with E-state index in [1.54, 1.807) is 25.1 Å². The van der Waals surface area contributed by atoms with Crippen molar-refractivity contribution in [1.29, 1.82) is 0 Å². The highest BCUT2D eigenvalue weighted by Gasteiger charge is 2.15. The summed E-state index contributed by atoms with van der Waals surface area (Å²) >= 11 is 0. The summed E-state index contributed by atoms with van der Waals surface area (Å²) in [7, 11) is 0. The molecular formula is C18H21N3O3. The summed E-state index contributed by atoms with van der Waals surface area (Å²) in [4.78, 5) is 25.1. The van der Waals surface area contributed by atoms with Crippen LogP contribution < -0.4 is 10.2 Å². The second-order valence-electron chi connectivity index (χ2n) is 5.44. The van der Waals surface area contributed by atoms with Crippen molar-refractivity contribution in [2.24, 2.45) is 0 Å². The number of carbonyl (C=O) groups is 1. The van der Waals surface area contributed by atoms with Gasteiger partial charge in [-0.1, -0.05) is 12.1 Å². The van der Waals surface area contributed by atoms with Crippen molar-refractivity contribution in [3.8, 4) is 0 Å². The van der Waals surface area contributed by atoms with E-state index >= 15 is 0 Å². The van der Waals surface area contributed by atoms with Gasteiger partial charge >= 0.3 is 0 Å². The van der Waals surface area contributed by atoms with Gasteiger partial charge in [0.2, 0.25) is 0 Å². The molecule has 24 heavy (non-hydrogen) atoms. The van der Waals surface area contributed by atoms with Crippen molar-refractivity contribution in [3.63, 3.8) is 0 Å². The Morgan fingerprint density at radius 2 is 1.88 bits per heavy atom. The predicted octanol–water partition coefficient (Wildman–Crippen LogP) is 4.00. The first-order valence-electron chi connectivity index (χ1n) is 7.87. The number of amides is 1. The third-order valence-corrected chi connectivity index (χ3v) is 3.90. The van der Waals surface area contributed by atoms with Crippen molar-refractivity contribution in [2.75, 3.05) is 23.3 Å². The van der Waals surface area contributed by atoms with E-state index in [4.69, 9.17) is 0 Å². The van der Waals surface area contributed by atoms with Crippen molar-refractivity contribution in [1.82, 2.24) is 0 Å². The number of nitrogens with one attached hydrogen (secondary N) is 1. The zero-order valence-electron chi connectivity index (χ0n) is 14.1. The van der Waals surface area contributed by atoms with E-state index in [0.717, 1.165) is 18.8 Å². The number of aryl methyl sites for hydroxylation is 1. The molecule has 126 valence electrons. The molecule has 0 spiro atoms. The number of rotatable bonds is 6. The van der Waals surface area contributed by atoms with Gasteiger partial charge < -0.3 is 10.2 Å². The summed E-state index contributed by atoms with van der Waals surface area (Å²) in [6.07, 6.45) is 0. The largest absolute Gasteiger partial charge is 0.372 e. The summed E-state index contributed by atoms with van der Waals surface area (Å²) in [6.45, 7) is 7.53. The molecular weight excluding hydrogens is 306 g/mol. The standard InChI is InChI=1S/C18H21N3O3/c1-4-20(5-2)16-8-6-7-15(12-16)19-18(22)14-10-9-13(3)17(11-14)21(23)24/h6-12H,4-5H2,1-3H3,(H,19,22). The van der Waals surface area contributed by atoms with Crippen LogP contribution in [0.4, 0.5) is 17.1 Å². The number of nitrogens with zero attached hydrogens (tertiary/aromatic N) is 2. The first kappa shape index (κ1) is 17.5. The number of hydrogen-bond donors (Lipinski definition) is 1. The van der Waals surface area contributed by atoms with Crippen LogP contribution in [0.15, 0.2) is 42.5 Å². The van der Waals surface area contributed by atoms with Gasteiger partial charge in [0.15, 0.2) is 0 Å². The monoisotopic (exact) mass is 327 g/mol. The zero-order chi connectivity index (χ0) is 17.7. The average molecular weight is 327 g/mol. The number of benzene rings is 2. The molecule has 0 bridgehead atoms. The summed E-state index contributed by atoms with van der Waals surface area (Å²) in [6, 6.07) is 12.0. The molecule has 0 aliphatic carbocycles. The van der Waals surface area contributed by atoms with Crippen molar-refractivity contribution >= 4 is 23.0 Å². The minimum atomic E-state index is -0.479. The van der Waals surface area contributed by atoms with Crippen LogP contribution in [0.1, 0.15) is 29.8 Å². The molecule has 0 saturated carbocycles. The van der Waals surface area contributed by atoms with Gasteiger partial charge in [-0.05, 0) is 45.0 Å². The first-order valence-corrected chi connectivity index (χ1v) is 7.87. The Bertz CT molecular complexity index is 755. The Hall–Kier alpha value is -2.89. The Balaban J connectivity index is 2.22. The SMILES string of the molecule is CCN(CC)c1cccc(NC(=O)c2ccc(C)c([N+](=O)[O-])c2)c1. The van der Waals surface area contributed by atoms with E-state index < -0.39 is 4.92 Å². The van der Waals surface area contributed by atoms with E-state index in [9.17, 15) is 14.9 Å². The maximum atomic E-state index is 12.4. The van der Waals surface area contributed by atoms with Crippen LogP contribution in [0.3, 0.4) is 0 Å². The second-order valence-corrected chi connectivity index (χ2v) is 5.44. The average Bonchev–Trinajstić information content (AvgIpc) is 2.56. The number of nitro benzene ring substituents is 1. The molecule has 0 saturated heterocycles. The van der Waals surface area contributed by atoms with Gasteiger partial charge in [-0.3, -0.25) is 14.9 Å². The quantitative estimate of drug-likeness (QED) is 0.642. The zero-order valence-corrected chi connectivity index (χ0v) is 14.1. The lowest BCUT2D eigenvalue weighted by atomic mass is 10.1. The van der Waals surface area contributed by atoms with Crippen molar-refractivity contribution < 1.29 is 9.72 Å². The predicted molar refractivity (Wildman–Crippen MR) is 95.8 cm³/mol. The highest BCUT2D eigenvalue weighted by atomic mass is 16.6. The van der Waals surface area contributed by atoms with Gasteiger partial charge in [0.25, 0.3) is 11.6 Å². The van der Waals surface area contributed by atoms with Crippen LogP contribution in [-0.4, -0.2) is 23.9 Å². The molecule has 0 aliphatic rings. The Morgan fingerprint density at radius 1 is 1.17 bits per heavy atom. The van der Waals surface area contributed by atoms with Crippen molar-refractivity contribution in [2.45, 2.75) is 20.8 Å². The fraction of sp³-hybridized carbons (Fsp3) is 0.278. The molecule has 0 radical (unpaired) electrons. The minimum absolute atomic E-state index is 0.0560. The molecule has 0 fully saturated rings. The molecule has 6 heteroatoms. The van der Waals surface area contributed by atoms with Gasteiger partial charge in [0, 0.05) is 41.7 Å². The fourth-order valence-corrected chi connectivity index (χ4v) is 2.52. The van der Waals surface area contributed by atoms with Crippen LogP contribution in [0.5, 0.6) is 0 Å². The molecule has 0 unspecified atom stereocenters. The van der Waals surface area contributed by atoms with Gasteiger partial charge in [0.05, 0.1) is 4.92 Å². The lowest BCUT2D eigenvalue weighted by molar-refractivity contribution is -0.385. The molecule has 0 heterocycles. The van der Waals surface area contributed by atoms with E-state index in [2.05, 4.69) is 24.1 Å². The number of nitro groups is 1. The molecule has 2 aromatic carbocycles. The van der Waals surface area contributed by atoms with Crippen LogP contribution in [0.25, 0.3) is 0 Å². The second kappa shape index (κ2) is 7.59. The topological polar surface area (TPSA) is 75.5 Å². The van der Waals surface area contributed by atoms with Crippen LogP contribution in [0.2, 0.25) is 0 Å². The van der Waals surface area contributed by atoms with Gasteiger partial charge in [0.1, 0.15) is 0 Å². The van der Waals surface area contributed by atoms with Crippen molar-refractivity contribution in [3.05, 3.63) is 63.7 Å². The third kappa shape index (κ3) is 3.90. The van der Waals surface area contributed by atoms with Gasteiger partial charge in [-0.2, -0.15) is 0 Å². The molecule has 0 atom stereocenters. The molecule has 2 rings (SSSR count). The minimum Gasteiger partial charge on any atom is -0.372 e. The van der Waals surface area contributed by atoms with Crippen LogP contribution >= 0.6 is 0 Å². The van der Waals surface area contributed by atoms with Gasteiger partial charge in [-0.25, -0.2) is 0 Å². The van der Waals surface area contributed by atoms with E-state index in [1.807, 2.05) is 18.2 Å². The number of anilines is 2. The number of carbonyl (C=O) groups excluding carboxylic acids is 1. The number of hydrogen-bond acceptors (Lipinski definition) is 4. The van der Waals surface area contributed by atoms with Gasteiger partial charge in [-0.15, -0.1) is 0 Å².